The lowest BCUT2D eigenvalue weighted by atomic mass is 10.2. The van der Waals surface area contributed by atoms with Gasteiger partial charge < -0.3 is 19.3 Å². The Balaban J connectivity index is 1.87. The summed E-state index contributed by atoms with van der Waals surface area (Å²) in [7, 11) is -1.66. The molecule has 2 aliphatic rings. The number of anilines is 1. The van der Waals surface area contributed by atoms with E-state index in [1.54, 1.807) is 30.0 Å². The zero-order chi connectivity index (χ0) is 18.9. The van der Waals surface area contributed by atoms with Gasteiger partial charge in [0.25, 0.3) is 0 Å². The molecule has 8 nitrogen and oxygen atoms in total. The fraction of sp³-hybridized carbons (Fsp3) is 0.588. The molecule has 1 atom stereocenters. The van der Waals surface area contributed by atoms with E-state index in [1.165, 1.54) is 0 Å². The third-order valence-corrected chi connectivity index (χ3v) is 5.90. The van der Waals surface area contributed by atoms with Crippen LogP contribution in [0.1, 0.15) is 6.92 Å². The average Bonchev–Trinajstić information content (AvgIpc) is 2.60. The number of likely N-dealkylation sites (N-methyl/N-ethyl adjacent to an activating group) is 1. The molecule has 1 amide bonds. The number of fused-ring (bicyclic) bond motifs is 1. The molecule has 3 rings (SSSR count). The van der Waals surface area contributed by atoms with Crippen molar-refractivity contribution < 1.29 is 22.7 Å². The number of carbonyl (C=O) groups is 1. The second kappa shape index (κ2) is 7.32. The summed E-state index contributed by atoms with van der Waals surface area (Å²) in [6.45, 7) is 5.24. The van der Waals surface area contributed by atoms with Gasteiger partial charge in [0, 0.05) is 32.2 Å². The van der Waals surface area contributed by atoms with Crippen LogP contribution in [0.2, 0.25) is 0 Å². The normalized spacial score (nSPS) is 19.1. The zero-order valence-electron chi connectivity index (χ0n) is 15.3. The minimum absolute atomic E-state index is 0.196. The van der Waals surface area contributed by atoms with E-state index in [0.29, 0.717) is 43.5 Å². The molecule has 1 saturated heterocycles. The molecule has 0 spiro atoms. The molecule has 2 heterocycles. The van der Waals surface area contributed by atoms with Gasteiger partial charge >= 0.3 is 0 Å². The Morgan fingerprint density at radius 2 is 1.73 bits per heavy atom. The van der Waals surface area contributed by atoms with E-state index in [4.69, 9.17) is 9.47 Å². The van der Waals surface area contributed by atoms with Crippen molar-refractivity contribution >= 4 is 21.6 Å². The maximum Gasteiger partial charge on any atom is 0.246 e. The molecule has 0 saturated carbocycles. The first-order chi connectivity index (χ1) is 12.3. The highest BCUT2D eigenvalue weighted by Crippen LogP contribution is 2.35. The Kier molecular flexibility index (Phi) is 5.29. The largest absolute Gasteiger partial charge is 0.486 e. The fourth-order valence-electron chi connectivity index (χ4n) is 3.26. The first-order valence-electron chi connectivity index (χ1n) is 8.64. The molecule has 0 bridgehead atoms. The molecule has 0 unspecified atom stereocenters. The Morgan fingerprint density at radius 3 is 2.35 bits per heavy atom. The van der Waals surface area contributed by atoms with Crippen molar-refractivity contribution in [2.45, 2.75) is 13.0 Å². The topological polar surface area (TPSA) is 79.4 Å². The summed E-state index contributed by atoms with van der Waals surface area (Å²) in [6, 6.07) is 4.09. The monoisotopic (exact) mass is 383 g/mol. The van der Waals surface area contributed by atoms with Crippen LogP contribution in [-0.4, -0.2) is 82.9 Å². The molecule has 2 aliphatic heterocycles. The maximum atomic E-state index is 12.9. The predicted molar refractivity (Wildman–Crippen MR) is 98.3 cm³/mol. The number of benzene rings is 1. The summed E-state index contributed by atoms with van der Waals surface area (Å²) in [6.07, 6.45) is 1.11. The van der Waals surface area contributed by atoms with Crippen LogP contribution in [0, 0.1) is 0 Å². The second-order valence-electron chi connectivity index (χ2n) is 6.69. The first-order valence-corrected chi connectivity index (χ1v) is 10.5. The van der Waals surface area contributed by atoms with Gasteiger partial charge in [0.1, 0.15) is 19.3 Å². The predicted octanol–water partition coefficient (Wildman–Crippen LogP) is 0.386. The molecule has 26 heavy (non-hydrogen) atoms. The van der Waals surface area contributed by atoms with Crippen molar-refractivity contribution in [2.75, 3.05) is 57.0 Å². The number of rotatable bonds is 4. The lowest BCUT2D eigenvalue weighted by Gasteiger charge is -2.37. The van der Waals surface area contributed by atoms with Gasteiger partial charge in [-0.1, -0.05) is 0 Å². The Labute approximate surface area is 154 Å². The minimum atomic E-state index is -3.66. The summed E-state index contributed by atoms with van der Waals surface area (Å²) < 4.78 is 37.1. The van der Waals surface area contributed by atoms with E-state index in [1.807, 2.05) is 7.05 Å². The number of hydrogen-bond donors (Lipinski definition) is 0. The number of amides is 1. The van der Waals surface area contributed by atoms with Gasteiger partial charge in [0.2, 0.25) is 15.9 Å². The summed E-state index contributed by atoms with van der Waals surface area (Å²) in [5.41, 5.74) is 0.395. The molecule has 1 aromatic rings. The second-order valence-corrected chi connectivity index (χ2v) is 8.55. The van der Waals surface area contributed by atoms with Crippen LogP contribution in [0.15, 0.2) is 18.2 Å². The van der Waals surface area contributed by atoms with Crippen molar-refractivity contribution in [3.63, 3.8) is 0 Å². The third-order valence-electron chi connectivity index (χ3n) is 4.66. The summed E-state index contributed by atoms with van der Waals surface area (Å²) in [4.78, 5) is 16.8. The minimum Gasteiger partial charge on any atom is -0.486 e. The standard InChI is InChI=1S/C17H25N3O5S/c1-13(17(21)19-8-6-18(2)7-9-19)20(26(3,22)23)14-4-5-15-16(12-14)25-11-10-24-15/h4-5,12-13H,6-11H2,1-3H3/t13-/m1/s1. The van der Waals surface area contributed by atoms with Crippen LogP contribution in [-0.2, 0) is 14.8 Å². The van der Waals surface area contributed by atoms with Crippen LogP contribution in [0.5, 0.6) is 11.5 Å². The van der Waals surface area contributed by atoms with Crippen molar-refractivity contribution in [3.8, 4) is 11.5 Å². The summed E-state index contributed by atoms with van der Waals surface area (Å²) in [5.74, 6) is 0.867. The van der Waals surface area contributed by atoms with Gasteiger partial charge in [-0.3, -0.25) is 9.10 Å². The molecule has 144 valence electrons. The number of hydrogen-bond acceptors (Lipinski definition) is 6. The van der Waals surface area contributed by atoms with Crippen molar-refractivity contribution in [1.29, 1.82) is 0 Å². The molecule has 0 radical (unpaired) electrons. The van der Waals surface area contributed by atoms with Gasteiger partial charge in [0.05, 0.1) is 11.9 Å². The SMILES string of the molecule is C[C@H](C(=O)N1CCN(C)CC1)N(c1ccc2c(c1)OCCO2)S(C)(=O)=O. The maximum absolute atomic E-state index is 12.9. The smallest absolute Gasteiger partial charge is 0.246 e. The van der Waals surface area contributed by atoms with E-state index < -0.39 is 16.1 Å². The molecule has 1 fully saturated rings. The van der Waals surface area contributed by atoms with Gasteiger partial charge in [-0.25, -0.2) is 8.42 Å². The van der Waals surface area contributed by atoms with Gasteiger partial charge in [-0.2, -0.15) is 0 Å². The molecule has 9 heteroatoms. The highest BCUT2D eigenvalue weighted by molar-refractivity contribution is 7.92. The number of sulfonamides is 1. The van der Waals surface area contributed by atoms with E-state index in [9.17, 15) is 13.2 Å². The van der Waals surface area contributed by atoms with Crippen LogP contribution < -0.4 is 13.8 Å². The highest BCUT2D eigenvalue weighted by Gasteiger charge is 2.33. The van der Waals surface area contributed by atoms with Crippen LogP contribution in [0.4, 0.5) is 5.69 Å². The van der Waals surface area contributed by atoms with E-state index in [0.717, 1.165) is 23.7 Å². The van der Waals surface area contributed by atoms with E-state index in [-0.39, 0.29) is 5.91 Å². The summed E-state index contributed by atoms with van der Waals surface area (Å²) in [5, 5.41) is 0. The van der Waals surface area contributed by atoms with Gasteiger partial charge in [-0.05, 0) is 26.1 Å². The van der Waals surface area contributed by atoms with Crippen molar-refractivity contribution in [2.24, 2.45) is 0 Å². The molecular weight excluding hydrogens is 358 g/mol. The van der Waals surface area contributed by atoms with E-state index >= 15 is 0 Å². The fourth-order valence-corrected chi connectivity index (χ4v) is 4.42. The number of piperazine rings is 1. The molecule has 0 N–H and O–H groups in total. The van der Waals surface area contributed by atoms with E-state index in [2.05, 4.69) is 4.90 Å². The number of nitrogens with zero attached hydrogens (tertiary/aromatic N) is 3. The van der Waals surface area contributed by atoms with Gasteiger partial charge in [0.15, 0.2) is 11.5 Å². The first kappa shape index (κ1) is 18.8. The van der Waals surface area contributed by atoms with Crippen LogP contribution >= 0.6 is 0 Å². The van der Waals surface area contributed by atoms with Crippen LogP contribution in [0.25, 0.3) is 0 Å². The Bertz CT molecular complexity index is 775. The molecule has 0 aliphatic carbocycles. The quantitative estimate of drug-likeness (QED) is 0.748. The Hall–Kier alpha value is -2.00. The Morgan fingerprint density at radius 1 is 1.12 bits per heavy atom. The number of ether oxygens (including phenoxy) is 2. The molecular formula is C17H25N3O5S. The third kappa shape index (κ3) is 3.88. The number of carbonyl (C=O) groups excluding carboxylic acids is 1. The lowest BCUT2D eigenvalue weighted by molar-refractivity contribution is -0.133. The molecule has 1 aromatic carbocycles. The van der Waals surface area contributed by atoms with Crippen molar-refractivity contribution in [1.82, 2.24) is 9.80 Å². The lowest BCUT2D eigenvalue weighted by Crippen LogP contribution is -2.54. The van der Waals surface area contributed by atoms with Crippen LogP contribution in [0.3, 0.4) is 0 Å². The summed E-state index contributed by atoms with van der Waals surface area (Å²) >= 11 is 0. The molecule has 0 aromatic heterocycles. The highest BCUT2D eigenvalue weighted by atomic mass is 32.2. The zero-order valence-corrected chi connectivity index (χ0v) is 16.2. The average molecular weight is 383 g/mol. The van der Waals surface area contributed by atoms with Gasteiger partial charge in [-0.15, -0.1) is 0 Å². The van der Waals surface area contributed by atoms with Crippen molar-refractivity contribution in [3.05, 3.63) is 18.2 Å².